The van der Waals surface area contributed by atoms with Crippen LogP contribution in [-0.4, -0.2) is 30.0 Å². The van der Waals surface area contributed by atoms with E-state index in [1.54, 1.807) is 18.5 Å². The molecule has 0 bridgehead atoms. The highest BCUT2D eigenvalue weighted by molar-refractivity contribution is 5.88. The molecule has 3 heterocycles. The zero-order valence-corrected chi connectivity index (χ0v) is 20.5. The molecular weight excluding hydrogens is 452 g/mol. The molecule has 0 aliphatic heterocycles. The second-order valence-electron chi connectivity index (χ2n) is 8.78. The zero-order valence-electron chi connectivity index (χ0n) is 20.5. The second-order valence-corrected chi connectivity index (χ2v) is 8.78. The lowest BCUT2D eigenvalue weighted by Crippen LogP contribution is -2.37. The summed E-state index contributed by atoms with van der Waals surface area (Å²) in [7, 11) is 0. The fraction of sp³-hybridized carbons (Fsp3) is 0.214. The summed E-state index contributed by atoms with van der Waals surface area (Å²) in [6.45, 7) is 5.98. The van der Waals surface area contributed by atoms with Gasteiger partial charge in [-0.2, -0.15) is 10.2 Å². The van der Waals surface area contributed by atoms with Crippen LogP contribution in [0.15, 0.2) is 83.9 Å². The quantitative estimate of drug-likeness (QED) is 0.380. The van der Waals surface area contributed by atoms with Crippen LogP contribution in [0.25, 0.3) is 22.4 Å². The van der Waals surface area contributed by atoms with Gasteiger partial charge in [-0.3, -0.25) is 9.59 Å². The van der Waals surface area contributed by atoms with Crippen LogP contribution >= 0.6 is 0 Å². The lowest BCUT2D eigenvalue weighted by Gasteiger charge is -2.15. The van der Waals surface area contributed by atoms with Gasteiger partial charge in [0.25, 0.3) is 5.56 Å². The third kappa shape index (κ3) is 4.22. The first-order valence-corrected chi connectivity index (χ1v) is 12.0. The smallest absolute Gasteiger partial charge is 0.280 e. The first-order chi connectivity index (χ1) is 17.5. The van der Waals surface area contributed by atoms with E-state index in [9.17, 15) is 9.59 Å². The van der Waals surface area contributed by atoms with Crippen molar-refractivity contribution in [2.45, 2.75) is 39.8 Å². The summed E-state index contributed by atoms with van der Waals surface area (Å²) < 4.78 is 4.87. The maximum atomic E-state index is 13.8. The largest absolute Gasteiger partial charge is 0.350 e. The highest BCUT2D eigenvalue weighted by atomic mass is 16.2. The predicted molar refractivity (Wildman–Crippen MR) is 140 cm³/mol. The molecule has 0 spiro atoms. The molecule has 8 heteroatoms. The molecule has 0 radical (unpaired) electrons. The number of aryl methyl sites for hydroxylation is 2. The predicted octanol–water partition coefficient (Wildman–Crippen LogP) is 4.12. The first kappa shape index (κ1) is 23.3. The molecule has 1 amide bonds. The van der Waals surface area contributed by atoms with Crippen LogP contribution in [0.1, 0.15) is 36.7 Å². The topological polar surface area (TPSA) is 86.7 Å². The van der Waals surface area contributed by atoms with E-state index in [0.717, 1.165) is 17.7 Å². The number of rotatable bonds is 7. The summed E-state index contributed by atoms with van der Waals surface area (Å²) in [6.07, 6.45) is 4.71. The monoisotopic (exact) mass is 480 g/mol. The van der Waals surface area contributed by atoms with Gasteiger partial charge in [0, 0.05) is 18.9 Å². The van der Waals surface area contributed by atoms with Gasteiger partial charge in [0.2, 0.25) is 5.91 Å². The van der Waals surface area contributed by atoms with Crippen LogP contribution in [0.4, 0.5) is 0 Å². The molecule has 0 aliphatic carbocycles. The molecule has 182 valence electrons. The van der Waals surface area contributed by atoms with Gasteiger partial charge < -0.3 is 9.88 Å². The van der Waals surface area contributed by atoms with E-state index in [4.69, 9.17) is 5.10 Å². The van der Waals surface area contributed by atoms with Crippen molar-refractivity contribution in [1.29, 1.82) is 0 Å². The zero-order chi connectivity index (χ0) is 25.2. The molecule has 0 aliphatic rings. The van der Waals surface area contributed by atoms with Crippen molar-refractivity contribution in [3.63, 3.8) is 0 Å². The normalized spacial score (nSPS) is 12.1. The number of para-hydroxylation sites is 1. The highest BCUT2D eigenvalue weighted by Crippen LogP contribution is 2.25. The van der Waals surface area contributed by atoms with E-state index in [-0.39, 0.29) is 11.5 Å². The number of hydrogen-bond donors (Lipinski definition) is 1. The second kappa shape index (κ2) is 9.65. The standard InChI is InChI=1S/C28H28N6O2/c1-4-21-12-14-22(15-13-21)18-29-26(35)20(3)33-28(36)24-25(19(2)30-33)31-34(23-10-6-5-7-11-23)27(24)32-16-8-9-17-32/h5-17,20H,4,18H2,1-3H3,(H,29,35)/t20-/m0/s1. The number of hydrogen-bond acceptors (Lipinski definition) is 4. The van der Waals surface area contributed by atoms with Crippen LogP contribution in [0.2, 0.25) is 0 Å². The van der Waals surface area contributed by atoms with Gasteiger partial charge in [-0.25, -0.2) is 9.36 Å². The Morgan fingerprint density at radius 2 is 1.61 bits per heavy atom. The summed E-state index contributed by atoms with van der Waals surface area (Å²) >= 11 is 0. The van der Waals surface area contributed by atoms with Crippen LogP contribution in [0.3, 0.4) is 0 Å². The Kier molecular flexibility index (Phi) is 6.25. The first-order valence-electron chi connectivity index (χ1n) is 12.0. The summed E-state index contributed by atoms with van der Waals surface area (Å²) in [5, 5.41) is 12.6. The molecular formula is C28H28N6O2. The Morgan fingerprint density at radius 3 is 2.28 bits per heavy atom. The maximum absolute atomic E-state index is 13.8. The number of aromatic nitrogens is 5. The van der Waals surface area contributed by atoms with E-state index in [0.29, 0.717) is 29.0 Å². The molecule has 5 rings (SSSR count). The molecule has 1 N–H and O–H groups in total. The van der Waals surface area contributed by atoms with E-state index >= 15 is 0 Å². The highest BCUT2D eigenvalue weighted by Gasteiger charge is 2.25. The summed E-state index contributed by atoms with van der Waals surface area (Å²) in [5.41, 5.74) is 3.78. The average molecular weight is 481 g/mol. The van der Waals surface area contributed by atoms with Crippen molar-refractivity contribution >= 4 is 16.8 Å². The van der Waals surface area contributed by atoms with Gasteiger partial charge >= 0.3 is 0 Å². The summed E-state index contributed by atoms with van der Waals surface area (Å²) in [5.74, 6) is 0.329. The molecule has 0 fully saturated rings. The third-order valence-corrected chi connectivity index (χ3v) is 6.38. The van der Waals surface area contributed by atoms with Crippen LogP contribution in [-0.2, 0) is 17.8 Å². The lowest BCUT2D eigenvalue weighted by molar-refractivity contribution is -0.124. The lowest BCUT2D eigenvalue weighted by atomic mass is 10.1. The number of nitrogens with one attached hydrogen (secondary N) is 1. The molecule has 0 saturated heterocycles. The van der Waals surface area contributed by atoms with E-state index in [2.05, 4.69) is 29.5 Å². The van der Waals surface area contributed by atoms with Gasteiger partial charge in [0.05, 0.1) is 11.4 Å². The Balaban J connectivity index is 1.54. The van der Waals surface area contributed by atoms with Crippen molar-refractivity contribution in [2.75, 3.05) is 0 Å². The minimum absolute atomic E-state index is 0.277. The van der Waals surface area contributed by atoms with Crippen LogP contribution in [0, 0.1) is 6.92 Å². The summed E-state index contributed by atoms with van der Waals surface area (Å²) in [6, 6.07) is 20.8. The number of amides is 1. The van der Waals surface area contributed by atoms with Gasteiger partial charge in [-0.05, 0) is 55.7 Å². The SMILES string of the molecule is CCc1ccc(CNC(=O)[C@H](C)n2nc(C)c3nn(-c4ccccc4)c(-n4cccc4)c3c2=O)cc1. The Hall–Kier alpha value is -4.46. The van der Waals surface area contributed by atoms with Crippen molar-refractivity contribution < 1.29 is 4.79 Å². The van der Waals surface area contributed by atoms with E-state index < -0.39 is 6.04 Å². The van der Waals surface area contributed by atoms with Crippen LogP contribution in [0.5, 0.6) is 0 Å². The molecule has 5 aromatic rings. The molecule has 8 nitrogen and oxygen atoms in total. The molecule has 0 unspecified atom stereocenters. The van der Waals surface area contributed by atoms with Crippen molar-refractivity contribution in [3.8, 4) is 11.5 Å². The van der Waals surface area contributed by atoms with Crippen molar-refractivity contribution in [1.82, 2.24) is 29.4 Å². The Bertz CT molecular complexity index is 1560. The third-order valence-electron chi connectivity index (χ3n) is 6.38. The van der Waals surface area contributed by atoms with Crippen molar-refractivity contribution in [3.05, 3.63) is 106 Å². The average Bonchev–Trinajstić information content (AvgIpc) is 3.58. The Labute approximate surface area is 208 Å². The van der Waals surface area contributed by atoms with E-state index in [1.807, 2.05) is 71.6 Å². The summed E-state index contributed by atoms with van der Waals surface area (Å²) in [4.78, 5) is 26.8. The number of fused-ring (bicyclic) bond motifs is 1. The molecule has 0 saturated carbocycles. The van der Waals surface area contributed by atoms with Crippen LogP contribution < -0.4 is 10.9 Å². The number of benzene rings is 2. The van der Waals surface area contributed by atoms with E-state index in [1.165, 1.54) is 10.2 Å². The molecule has 1 atom stereocenters. The van der Waals surface area contributed by atoms with Gasteiger partial charge in [0.1, 0.15) is 16.9 Å². The fourth-order valence-corrected chi connectivity index (χ4v) is 4.29. The molecule has 2 aromatic carbocycles. The minimum atomic E-state index is -0.798. The molecule has 3 aromatic heterocycles. The number of carbonyl (C=O) groups excluding carboxylic acids is 1. The number of nitrogens with zero attached hydrogens (tertiary/aromatic N) is 5. The van der Waals surface area contributed by atoms with Gasteiger partial charge in [0.15, 0.2) is 5.82 Å². The van der Waals surface area contributed by atoms with Crippen molar-refractivity contribution in [2.24, 2.45) is 0 Å². The fourth-order valence-electron chi connectivity index (χ4n) is 4.29. The number of carbonyl (C=O) groups is 1. The molecule has 36 heavy (non-hydrogen) atoms. The van der Waals surface area contributed by atoms with Gasteiger partial charge in [-0.15, -0.1) is 0 Å². The Morgan fingerprint density at radius 1 is 0.944 bits per heavy atom. The maximum Gasteiger partial charge on any atom is 0.280 e. The van der Waals surface area contributed by atoms with Gasteiger partial charge in [-0.1, -0.05) is 49.4 Å². The minimum Gasteiger partial charge on any atom is -0.350 e.